The normalized spacial score (nSPS) is 30.2. The van der Waals surface area contributed by atoms with Crippen molar-refractivity contribution in [2.24, 2.45) is 52.9 Å². The van der Waals surface area contributed by atoms with Crippen LogP contribution in [-0.2, 0) is 28.5 Å². The lowest BCUT2D eigenvalue weighted by molar-refractivity contribution is -0.138. The maximum Gasteiger partial charge on any atom is 0.267 e. The number of aromatic nitrogens is 2. The van der Waals surface area contributed by atoms with Crippen LogP contribution in [0.2, 0.25) is 0 Å². The predicted octanol–water partition coefficient (Wildman–Crippen LogP) is 11.5. The number of halogens is 1. The van der Waals surface area contributed by atoms with E-state index in [2.05, 4.69) is 78.6 Å². The molecule has 0 radical (unpaired) electrons. The Morgan fingerprint density at radius 3 is 2.34 bits per heavy atom. The maximum atomic E-state index is 13.8. The third kappa shape index (κ3) is 9.22. The van der Waals surface area contributed by atoms with Crippen LogP contribution in [0.5, 0.6) is 0 Å². The van der Waals surface area contributed by atoms with Gasteiger partial charge in [0.15, 0.2) is 0 Å². The fourth-order valence-corrected chi connectivity index (χ4v) is 12.1. The smallest absolute Gasteiger partial charge is 0.267 e. The van der Waals surface area contributed by atoms with Crippen molar-refractivity contribution in [3.8, 4) is 0 Å². The average Bonchev–Trinajstić information content (AvgIpc) is 3.70. The number of benzene rings is 1. The van der Waals surface area contributed by atoms with Crippen LogP contribution >= 0.6 is 0 Å². The first-order valence-corrected chi connectivity index (χ1v) is 22.2. The van der Waals surface area contributed by atoms with E-state index in [-0.39, 0.29) is 22.2 Å². The minimum atomic E-state index is -0.248. The van der Waals surface area contributed by atoms with Crippen LogP contribution in [0.25, 0.3) is 0 Å². The number of hydrogen-bond donors (Lipinski definition) is 1. The van der Waals surface area contributed by atoms with Gasteiger partial charge in [0.2, 0.25) is 0 Å². The Bertz CT molecular complexity index is 1880. The number of methoxy groups -OCH3 is 1. The summed E-state index contributed by atoms with van der Waals surface area (Å²) in [6.45, 7) is 24.8. The number of hydrogen-bond acceptors (Lipinski definition) is 4. The Morgan fingerprint density at radius 1 is 1.09 bits per heavy atom. The van der Waals surface area contributed by atoms with Gasteiger partial charge in [-0.3, -0.25) is 9.48 Å². The van der Waals surface area contributed by atoms with Crippen molar-refractivity contribution < 1.29 is 19.0 Å². The fourth-order valence-electron chi connectivity index (χ4n) is 12.1. The van der Waals surface area contributed by atoms with Gasteiger partial charge in [-0.25, -0.2) is 9.07 Å². The van der Waals surface area contributed by atoms with Crippen LogP contribution in [0.1, 0.15) is 144 Å². The van der Waals surface area contributed by atoms with E-state index in [0.29, 0.717) is 41.2 Å². The van der Waals surface area contributed by atoms with Crippen molar-refractivity contribution in [1.82, 2.24) is 9.36 Å². The molecule has 58 heavy (non-hydrogen) atoms. The van der Waals surface area contributed by atoms with Crippen molar-refractivity contribution >= 4 is 6.29 Å². The molecule has 3 fully saturated rings. The second-order valence-corrected chi connectivity index (χ2v) is 19.6. The number of carbonyl (C=O) groups excluding carboxylic acids is 1. The van der Waals surface area contributed by atoms with E-state index in [0.717, 1.165) is 62.9 Å². The molecule has 7 heteroatoms. The number of aliphatic hydroxyl groups excluding tert-OH is 1. The van der Waals surface area contributed by atoms with Crippen LogP contribution in [-0.4, -0.2) is 41.1 Å². The second kappa shape index (κ2) is 19.4. The number of nitrogens with zero attached hydrogens (tertiary/aromatic N) is 2. The third-order valence-corrected chi connectivity index (χ3v) is 15.4. The first-order chi connectivity index (χ1) is 27.4. The number of aldehydes is 1. The van der Waals surface area contributed by atoms with Gasteiger partial charge in [0.1, 0.15) is 12.1 Å². The topological polar surface area (TPSA) is 73.5 Å². The van der Waals surface area contributed by atoms with Crippen LogP contribution < -0.4 is 5.56 Å². The summed E-state index contributed by atoms with van der Waals surface area (Å²) in [5.74, 6) is 2.88. The number of rotatable bonds is 12. The van der Waals surface area contributed by atoms with Crippen LogP contribution in [0, 0.1) is 51.7 Å². The summed E-state index contributed by atoms with van der Waals surface area (Å²) >= 11 is 0. The lowest BCUT2D eigenvalue weighted by Gasteiger charge is -2.65. The van der Waals surface area contributed by atoms with Gasteiger partial charge in [-0.1, -0.05) is 85.8 Å². The lowest BCUT2D eigenvalue weighted by Crippen LogP contribution is -2.57. The van der Waals surface area contributed by atoms with Crippen LogP contribution in [0.15, 0.2) is 76.3 Å². The molecule has 1 N–H and O–H groups in total. The van der Waals surface area contributed by atoms with E-state index in [1.807, 2.05) is 31.7 Å². The summed E-state index contributed by atoms with van der Waals surface area (Å²) in [7, 11) is 4.94. The Balaban J connectivity index is 0.000000599. The van der Waals surface area contributed by atoms with Crippen molar-refractivity contribution in [3.63, 3.8) is 0 Å². The Hall–Kier alpha value is -3.25. The molecule has 4 aliphatic carbocycles. The number of fused-ring (bicyclic) bond motifs is 5. The minimum Gasteiger partial charge on any atom is -0.400 e. The molecule has 0 aliphatic heterocycles. The van der Waals surface area contributed by atoms with E-state index in [1.54, 1.807) is 29.4 Å². The van der Waals surface area contributed by atoms with Gasteiger partial charge in [-0.15, -0.1) is 5.73 Å². The highest BCUT2D eigenvalue weighted by Gasteiger charge is 2.63. The molecule has 322 valence electrons. The molecule has 0 saturated heterocycles. The van der Waals surface area contributed by atoms with Crippen LogP contribution in [0.3, 0.4) is 0 Å². The molecule has 6 rings (SSSR count). The van der Waals surface area contributed by atoms with Gasteiger partial charge < -0.3 is 14.6 Å². The maximum absolute atomic E-state index is 13.8. The summed E-state index contributed by atoms with van der Waals surface area (Å²) < 4.78 is 23.5. The summed E-state index contributed by atoms with van der Waals surface area (Å²) in [5, 5.41) is 7.00. The Kier molecular flexibility index (Phi) is 15.9. The SMILES string of the molecule is C=C=CCC(C)(C)C=O.CC/C=C1/CC2(c3cc(=O)n(Cc4ccc(F)cc4)n3C)CCC3C(CCC4C(C)(CCC(C)OC)C(C)CCC34C)C2=C1C(C)C.CO. The number of carbonyl (C=O) groups is 1. The highest BCUT2D eigenvalue weighted by atomic mass is 19.1. The van der Waals surface area contributed by atoms with Crippen molar-refractivity contribution in [2.45, 2.75) is 151 Å². The van der Waals surface area contributed by atoms with E-state index < -0.39 is 0 Å². The molecule has 6 nitrogen and oxygen atoms in total. The largest absolute Gasteiger partial charge is 0.400 e. The Morgan fingerprint density at radius 2 is 1.76 bits per heavy atom. The molecule has 1 heterocycles. The first-order valence-electron chi connectivity index (χ1n) is 22.2. The van der Waals surface area contributed by atoms with Gasteiger partial charge >= 0.3 is 0 Å². The van der Waals surface area contributed by atoms with Crippen molar-refractivity contribution in [1.29, 1.82) is 0 Å². The molecule has 0 spiro atoms. The van der Waals surface area contributed by atoms with Crippen molar-refractivity contribution in [2.75, 3.05) is 14.2 Å². The highest BCUT2D eigenvalue weighted by Crippen LogP contribution is 2.71. The molecule has 0 bridgehead atoms. The summed E-state index contributed by atoms with van der Waals surface area (Å²) in [4.78, 5) is 24.0. The number of ether oxygens (including phenoxy) is 1. The zero-order valence-corrected chi connectivity index (χ0v) is 38.2. The highest BCUT2D eigenvalue weighted by molar-refractivity contribution is 5.58. The fraction of sp³-hybridized carbons (Fsp3) is 0.667. The van der Waals surface area contributed by atoms with Crippen molar-refractivity contribution in [3.05, 3.63) is 98.9 Å². The lowest BCUT2D eigenvalue weighted by atomic mass is 9.40. The number of allylic oxidation sites excluding steroid dienone is 5. The predicted molar refractivity (Wildman–Crippen MR) is 237 cm³/mol. The quantitative estimate of drug-likeness (QED) is 0.171. The second-order valence-electron chi connectivity index (χ2n) is 19.6. The molecular formula is C51H77FN2O4. The van der Waals surface area contributed by atoms with E-state index in [4.69, 9.17) is 9.84 Å². The molecule has 1 aromatic heterocycles. The third-order valence-electron chi connectivity index (χ3n) is 15.4. The summed E-state index contributed by atoms with van der Waals surface area (Å²) in [6.07, 6.45) is 18.2. The molecule has 3 saturated carbocycles. The van der Waals surface area contributed by atoms with Gasteiger partial charge in [-0.05, 0) is 153 Å². The zero-order chi connectivity index (χ0) is 43.2. The molecule has 8 atom stereocenters. The van der Waals surface area contributed by atoms with E-state index in [1.165, 1.54) is 61.9 Å². The molecule has 2 aromatic rings. The summed E-state index contributed by atoms with van der Waals surface area (Å²) in [6, 6.07) is 8.54. The monoisotopic (exact) mass is 801 g/mol. The minimum absolute atomic E-state index is 0.0414. The average molecular weight is 801 g/mol. The van der Waals surface area contributed by atoms with E-state index in [9.17, 15) is 14.0 Å². The van der Waals surface area contributed by atoms with Gasteiger partial charge in [0.25, 0.3) is 5.56 Å². The Labute approximate surface area is 350 Å². The molecule has 8 unspecified atom stereocenters. The zero-order valence-electron chi connectivity index (χ0n) is 38.2. The number of aliphatic hydroxyl groups is 1. The van der Waals surface area contributed by atoms with Gasteiger partial charge in [0.05, 0.1) is 18.3 Å². The molecule has 0 amide bonds. The molecule has 1 aromatic carbocycles. The molecule has 4 aliphatic rings. The molecular weight excluding hydrogens is 724 g/mol. The van der Waals surface area contributed by atoms with Crippen LogP contribution in [0.4, 0.5) is 4.39 Å². The van der Waals surface area contributed by atoms with E-state index >= 15 is 0 Å². The first kappa shape index (κ1) is 47.4. The summed E-state index contributed by atoms with van der Waals surface area (Å²) in [5.41, 5.74) is 9.86. The van der Waals surface area contributed by atoms with Gasteiger partial charge in [0, 0.05) is 38.2 Å². The van der Waals surface area contributed by atoms with Gasteiger partial charge in [-0.2, -0.15) is 0 Å². The standard InChI is InChI=1S/C42H61FN2O2.C8H12O.CH4O/c1-10-11-31-25-42(36-24-37(46)45(44(36)8)26-30-12-14-32(43)15-13-30)23-20-34-33(39(42)38(31)27(2)3)16-17-35-40(6,22-19-29(5)47-9)28(4)18-21-41(34,35)7;1-4-5-6-8(2,3)7-9;1-2/h11-15,24,27-29,33-35H,10,16-23,25-26H2,1-9H3;5,7H,1,6H2,2-3H3;2H,1H3/b31-11-;;.